The lowest BCUT2D eigenvalue weighted by Crippen LogP contribution is -2.14. The largest absolute Gasteiger partial charge is 0.373 e. The SMILES string of the molecule is CCCc1nc(NC)cc(NCCC(C)(C)C)n1. The highest BCUT2D eigenvalue weighted by Crippen LogP contribution is 2.19. The molecule has 0 atom stereocenters. The minimum absolute atomic E-state index is 0.345. The summed E-state index contributed by atoms with van der Waals surface area (Å²) >= 11 is 0. The summed E-state index contributed by atoms with van der Waals surface area (Å²) in [5, 5.41) is 6.47. The van der Waals surface area contributed by atoms with Gasteiger partial charge in [0.1, 0.15) is 17.5 Å². The number of aryl methyl sites for hydroxylation is 1. The Morgan fingerprint density at radius 3 is 2.39 bits per heavy atom. The van der Waals surface area contributed by atoms with Crippen molar-refractivity contribution >= 4 is 11.6 Å². The van der Waals surface area contributed by atoms with E-state index in [4.69, 9.17) is 0 Å². The van der Waals surface area contributed by atoms with Gasteiger partial charge in [0, 0.05) is 26.1 Å². The molecule has 1 rings (SSSR count). The van der Waals surface area contributed by atoms with E-state index in [2.05, 4.69) is 48.3 Å². The van der Waals surface area contributed by atoms with Crippen LogP contribution in [0.15, 0.2) is 6.07 Å². The molecule has 1 aromatic heterocycles. The van der Waals surface area contributed by atoms with E-state index in [9.17, 15) is 0 Å². The molecule has 1 heterocycles. The van der Waals surface area contributed by atoms with Crippen molar-refractivity contribution in [1.29, 1.82) is 0 Å². The summed E-state index contributed by atoms with van der Waals surface area (Å²) in [4.78, 5) is 8.96. The third kappa shape index (κ3) is 5.34. The van der Waals surface area contributed by atoms with Crippen molar-refractivity contribution in [2.75, 3.05) is 24.2 Å². The monoisotopic (exact) mass is 250 g/mol. The van der Waals surface area contributed by atoms with E-state index in [1.807, 2.05) is 13.1 Å². The van der Waals surface area contributed by atoms with Crippen LogP contribution in [-0.2, 0) is 6.42 Å². The first-order chi connectivity index (χ1) is 8.44. The Hall–Kier alpha value is -1.32. The summed E-state index contributed by atoms with van der Waals surface area (Å²) < 4.78 is 0. The van der Waals surface area contributed by atoms with Gasteiger partial charge in [-0.05, 0) is 18.3 Å². The summed E-state index contributed by atoms with van der Waals surface area (Å²) in [5.74, 6) is 2.70. The molecule has 0 amide bonds. The Balaban J connectivity index is 2.66. The number of nitrogens with one attached hydrogen (secondary N) is 2. The van der Waals surface area contributed by atoms with Crippen LogP contribution >= 0.6 is 0 Å². The number of nitrogens with zero attached hydrogens (tertiary/aromatic N) is 2. The van der Waals surface area contributed by atoms with Gasteiger partial charge in [-0.2, -0.15) is 0 Å². The van der Waals surface area contributed by atoms with Crippen LogP contribution in [0.3, 0.4) is 0 Å². The Morgan fingerprint density at radius 1 is 1.17 bits per heavy atom. The molecule has 0 aliphatic heterocycles. The van der Waals surface area contributed by atoms with Crippen LogP contribution in [0.25, 0.3) is 0 Å². The topological polar surface area (TPSA) is 49.8 Å². The predicted octanol–water partition coefficient (Wildman–Crippen LogP) is 3.32. The van der Waals surface area contributed by atoms with Crippen molar-refractivity contribution in [3.63, 3.8) is 0 Å². The summed E-state index contributed by atoms with van der Waals surface area (Å²) in [7, 11) is 1.89. The van der Waals surface area contributed by atoms with Gasteiger partial charge in [-0.15, -0.1) is 0 Å². The molecule has 0 fully saturated rings. The summed E-state index contributed by atoms with van der Waals surface area (Å²) in [5.41, 5.74) is 0.345. The molecule has 2 N–H and O–H groups in total. The molecule has 4 heteroatoms. The van der Waals surface area contributed by atoms with Gasteiger partial charge >= 0.3 is 0 Å². The van der Waals surface area contributed by atoms with Crippen molar-refractivity contribution in [3.05, 3.63) is 11.9 Å². The van der Waals surface area contributed by atoms with E-state index in [1.54, 1.807) is 0 Å². The number of hydrogen-bond acceptors (Lipinski definition) is 4. The first-order valence-electron chi connectivity index (χ1n) is 6.74. The number of hydrogen-bond donors (Lipinski definition) is 2. The van der Waals surface area contributed by atoms with Crippen LogP contribution < -0.4 is 10.6 Å². The molecule has 0 spiro atoms. The average molecular weight is 250 g/mol. The fourth-order valence-corrected chi connectivity index (χ4v) is 1.62. The fourth-order valence-electron chi connectivity index (χ4n) is 1.62. The molecule has 1 aromatic rings. The van der Waals surface area contributed by atoms with Crippen molar-refractivity contribution in [1.82, 2.24) is 9.97 Å². The predicted molar refractivity (Wildman–Crippen MR) is 78.1 cm³/mol. The first-order valence-corrected chi connectivity index (χ1v) is 6.74. The molecule has 18 heavy (non-hydrogen) atoms. The molecule has 0 saturated carbocycles. The zero-order chi connectivity index (χ0) is 13.6. The normalized spacial score (nSPS) is 11.4. The average Bonchev–Trinajstić information content (AvgIpc) is 2.27. The number of aromatic nitrogens is 2. The fraction of sp³-hybridized carbons (Fsp3) is 0.714. The number of rotatable bonds is 6. The number of anilines is 2. The van der Waals surface area contributed by atoms with Crippen LogP contribution in [0.5, 0.6) is 0 Å². The molecule has 0 unspecified atom stereocenters. The minimum Gasteiger partial charge on any atom is -0.373 e. The molecule has 0 aliphatic rings. The maximum Gasteiger partial charge on any atom is 0.133 e. The van der Waals surface area contributed by atoms with Crippen molar-refractivity contribution in [2.24, 2.45) is 5.41 Å². The van der Waals surface area contributed by atoms with Gasteiger partial charge in [-0.1, -0.05) is 27.7 Å². The summed E-state index contributed by atoms with van der Waals surface area (Å²) in [6.45, 7) is 9.82. The lowest BCUT2D eigenvalue weighted by Gasteiger charge is -2.18. The Morgan fingerprint density at radius 2 is 1.83 bits per heavy atom. The summed E-state index contributed by atoms with van der Waals surface area (Å²) in [6.07, 6.45) is 3.10. The zero-order valence-corrected chi connectivity index (χ0v) is 12.3. The molecular weight excluding hydrogens is 224 g/mol. The second-order valence-electron chi connectivity index (χ2n) is 5.79. The van der Waals surface area contributed by atoms with Gasteiger partial charge in [0.15, 0.2) is 0 Å². The molecular formula is C14H26N4. The van der Waals surface area contributed by atoms with Gasteiger partial charge in [0.05, 0.1) is 0 Å². The molecule has 0 saturated heterocycles. The lowest BCUT2D eigenvalue weighted by molar-refractivity contribution is 0.389. The third-order valence-electron chi connectivity index (χ3n) is 2.68. The highest BCUT2D eigenvalue weighted by atomic mass is 15.1. The Bertz CT molecular complexity index is 369. The molecule has 0 aliphatic carbocycles. The highest BCUT2D eigenvalue weighted by Gasteiger charge is 2.10. The quantitative estimate of drug-likeness (QED) is 0.813. The Labute approximate surface area is 111 Å². The maximum absolute atomic E-state index is 4.53. The highest BCUT2D eigenvalue weighted by molar-refractivity contribution is 5.47. The lowest BCUT2D eigenvalue weighted by atomic mass is 9.92. The summed E-state index contributed by atoms with van der Waals surface area (Å²) in [6, 6.07) is 1.96. The van der Waals surface area contributed by atoms with Crippen LogP contribution in [0, 0.1) is 5.41 Å². The van der Waals surface area contributed by atoms with Gasteiger partial charge in [0.2, 0.25) is 0 Å². The second kappa shape index (κ2) is 6.57. The van der Waals surface area contributed by atoms with E-state index in [1.165, 1.54) is 0 Å². The zero-order valence-electron chi connectivity index (χ0n) is 12.3. The first kappa shape index (κ1) is 14.7. The van der Waals surface area contributed by atoms with Gasteiger partial charge < -0.3 is 10.6 Å². The smallest absolute Gasteiger partial charge is 0.133 e. The molecule has 4 nitrogen and oxygen atoms in total. The van der Waals surface area contributed by atoms with Crippen LogP contribution in [-0.4, -0.2) is 23.6 Å². The van der Waals surface area contributed by atoms with Gasteiger partial charge in [-0.25, -0.2) is 9.97 Å². The van der Waals surface area contributed by atoms with Crippen molar-refractivity contribution < 1.29 is 0 Å². The van der Waals surface area contributed by atoms with E-state index in [-0.39, 0.29) is 0 Å². The van der Waals surface area contributed by atoms with E-state index < -0.39 is 0 Å². The molecule has 0 bridgehead atoms. The maximum atomic E-state index is 4.53. The van der Waals surface area contributed by atoms with Crippen molar-refractivity contribution in [2.45, 2.75) is 47.0 Å². The molecule has 102 valence electrons. The minimum atomic E-state index is 0.345. The van der Waals surface area contributed by atoms with E-state index >= 15 is 0 Å². The Kier molecular flexibility index (Phi) is 5.38. The van der Waals surface area contributed by atoms with Crippen LogP contribution in [0.2, 0.25) is 0 Å². The third-order valence-corrected chi connectivity index (χ3v) is 2.68. The molecule has 0 aromatic carbocycles. The van der Waals surface area contributed by atoms with E-state index in [0.717, 1.165) is 43.3 Å². The standard InChI is InChI=1S/C14H26N4/c1-6-7-11-17-12(15-5)10-13(18-11)16-9-8-14(2,3)4/h10H,6-9H2,1-5H3,(H2,15,16,17,18). The molecule has 0 radical (unpaired) electrons. The van der Waals surface area contributed by atoms with Crippen LogP contribution in [0.4, 0.5) is 11.6 Å². The van der Waals surface area contributed by atoms with Gasteiger partial charge in [0.25, 0.3) is 0 Å². The van der Waals surface area contributed by atoms with Crippen LogP contribution in [0.1, 0.15) is 46.4 Å². The van der Waals surface area contributed by atoms with Crippen molar-refractivity contribution in [3.8, 4) is 0 Å². The van der Waals surface area contributed by atoms with Gasteiger partial charge in [-0.3, -0.25) is 0 Å². The van der Waals surface area contributed by atoms with E-state index in [0.29, 0.717) is 5.41 Å². The second-order valence-corrected chi connectivity index (χ2v) is 5.79.